The molecule has 8 N–H and O–H groups in total. The molecule has 7 rings (SSSR count). The van der Waals surface area contributed by atoms with E-state index in [0.29, 0.717) is 46.5 Å². The molecule has 30 nitrogen and oxygen atoms in total. The standard InChI is InChI=1S/C88H120N10O20Si2/c1-23-36-111-85(107)95-75(53(3)4)79(101)89-57(9)77(99)91-63-32-28-59(29-33-63)47-115-83(105)93-69-43-73(71(109-17)41-67(69)81(103)97-45-55(7)38-65(97)51-117-119(19,20)87(11,12)13)113-49-61-26-25-27-62(40-61)50-114-74-44-70(68(42-72(74)110-18)82(104)98-46-56(8)39-66(98)52-118-120(21,22)88(14,15)16)94-84(106)116-48-60-30-34-64(35-31-60)92-78(100)58(10)90-80(102)76(54(5)6)96-86(108)112-37-24-2/h23-35,40-46,53-54,57-58,65-66,75-76H,1-2,36-39,47-52H2,3-22H3,(H,89,101)(H,90,102)(H,91,99)(H,92,100)(H,93,105)(H,94,106)(H,95,107)(H,96,108)/t57-,58-,65-,66-,75-,76-/m0/s1. The fraction of sp³-hybridized carbons (Fsp3) is 0.455. The van der Waals surface area contributed by atoms with Gasteiger partial charge < -0.3 is 88.4 Å². The molecule has 2 aliphatic heterocycles. The van der Waals surface area contributed by atoms with Crippen LogP contribution in [0.2, 0.25) is 36.3 Å². The van der Waals surface area contributed by atoms with E-state index in [2.05, 4.69) is 123 Å². The van der Waals surface area contributed by atoms with Crippen LogP contribution in [0.1, 0.15) is 153 Å². The quantitative estimate of drug-likeness (QED) is 0.0103. The number of nitrogens with zero attached hydrogens (tertiary/aromatic N) is 2. The van der Waals surface area contributed by atoms with Crippen molar-refractivity contribution in [3.63, 3.8) is 0 Å². The first kappa shape index (κ1) is 95.7. The van der Waals surface area contributed by atoms with Crippen LogP contribution in [0.4, 0.5) is 41.9 Å². The molecule has 0 bridgehead atoms. The van der Waals surface area contributed by atoms with Crippen molar-refractivity contribution in [2.24, 2.45) is 11.8 Å². The first-order valence-electron chi connectivity index (χ1n) is 39.9. The van der Waals surface area contributed by atoms with Gasteiger partial charge in [0, 0.05) is 35.9 Å². The average molecular weight is 1690 g/mol. The van der Waals surface area contributed by atoms with Crippen LogP contribution in [0.3, 0.4) is 0 Å². The molecule has 650 valence electrons. The van der Waals surface area contributed by atoms with E-state index in [1.807, 2.05) is 38.1 Å². The molecule has 32 heteroatoms. The number of ether oxygens (including phenoxy) is 8. The SMILES string of the molecule is C=CCOC(=O)N[C@H](C(=O)N[C@@H](C)C(=O)Nc1ccc(COC(=O)Nc2cc(OCc3cccc(COc4cc(NC(=O)OCc5ccc(NC(=O)[C@H](C)NC(=O)[C@@H](NC(=O)OCC=C)C(C)C)cc5)c(C(=O)N5C=C(C)C[C@H]5CO[Si](C)(C)C(C)(C)C)cc4OC)c3)c(OC)cc2C(=O)N2C=C(C)C[C@H]2CO[Si](C)(C)C(C)(C)C)cc1)C(C)C. The van der Waals surface area contributed by atoms with E-state index in [9.17, 15) is 38.4 Å². The van der Waals surface area contributed by atoms with Crippen LogP contribution in [0, 0.1) is 11.8 Å². The first-order valence-corrected chi connectivity index (χ1v) is 45.7. The number of methoxy groups -OCH3 is 2. The van der Waals surface area contributed by atoms with E-state index in [1.165, 1.54) is 64.5 Å². The van der Waals surface area contributed by atoms with E-state index < -0.39 is 101 Å². The summed E-state index contributed by atoms with van der Waals surface area (Å²) < 4.78 is 59.6. The molecule has 0 radical (unpaired) electrons. The topological polar surface area (TPSA) is 366 Å². The molecule has 5 aromatic carbocycles. The lowest BCUT2D eigenvalue weighted by Crippen LogP contribution is -2.53. The Morgan fingerprint density at radius 1 is 0.450 bits per heavy atom. The molecule has 0 fully saturated rings. The molecule has 0 saturated carbocycles. The van der Waals surface area contributed by atoms with Gasteiger partial charge in [-0.2, -0.15) is 0 Å². The Morgan fingerprint density at radius 2 is 0.808 bits per heavy atom. The molecule has 0 spiro atoms. The lowest BCUT2D eigenvalue weighted by atomic mass is 10.0. The number of benzene rings is 5. The van der Waals surface area contributed by atoms with Crippen LogP contribution in [-0.2, 0) is 73.4 Å². The number of hydrogen-bond acceptors (Lipinski definition) is 20. The van der Waals surface area contributed by atoms with Crippen LogP contribution in [-0.4, -0.2) is 163 Å². The number of hydrogen-bond donors (Lipinski definition) is 8. The van der Waals surface area contributed by atoms with Crippen molar-refractivity contribution in [1.29, 1.82) is 0 Å². The van der Waals surface area contributed by atoms with Crippen LogP contribution in [0.25, 0.3) is 0 Å². The highest BCUT2D eigenvalue weighted by molar-refractivity contribution is 6.74. The Kier molecular flexibility index (Phi) is 34.2. The normalized spacial score (nSPS) is 15.1. The van der Waals surface area contributed by atoms with Crippen molar-refractivity contribution < 1.29 is 94.7 Å². The molecule has 6 atom stereocenters. The van der Waals surface area contributed by atoms with Gasteiger partial charge >= 0.3 is 24.4 Å². The number of carbonyl (C=O) groups is 10. The van der Waals surface area contributed by atoms with E-state index in [0.717, 1.165) is 11.1 Å². The number of alkyl carbamates (subject to hydrolysis) is 2. The highest BCUT2D eigenvalue weighted by Crippen LogP contribution is 2.42. The summed E-state index contributed by atoms with van der Waals surface area (Å²) in [6, 6.07) is 21.5. The second kappa shape index (κ2) is 43.0. The molecule has 0 aliphatic carbocycles. The van der Waals surface area contributed by atoms with Gasteiger partial charge in [0.15, 0.2) is 39.6 Å². The number of nitrogens with one attached hydrogen (secondary N) is 8. The number of rotatable bonds is 38. The van der Waals surface area contributed by atoms with Crippen LogP contribution in [0.15, 0.2) is 146 Å². The molecule has 10 amide bonds. The maximum absolute atomic E-state index is 15.1. The molecule has 0 unspecified atom stereocenters. The molecule has 5 aromatic rings. The maximum Gasteiger partial charge on any atom is 0.411 e. The monoisotopic (exact) mass is 1690 g/mol. The van der Waals surface area contributed by atoms with Gasteiger partial charge in [0.2, 0.25) is 23.6 Å². The van der Waals surface area contributed by atoms with Crippen molar-refractivity contribution in [2.75, 3.05) is 61.9 Å². The second-order valence-electron chi connectivity index (χ2n) is 33.5. The lowest BCUT2D eigenvalue weighted by Gasteiger charge is -2.38. The summed E-state index contributed by atoms with van der Waals surface area (Å²) in [5.74, 6) is -3.17. The van der Waals surface area contributed by atoms with Gasteiger partial charge in [-0.3, -0.25) is 39.4 Å². The lowest BCUT2D eigenvalue weighted by molar-refractivity contribution is -0.128. The van der Waals surface area contributed by atoms with Gasteiger partial charge in [-0.1, -0.05) is 148 Å². The zero-order valence-corrected chi connectivity index (χ0v) is 74.7. The minimum Gasteiger partial charge on any atom is -0.493 e. The third kappa shape index (κ3) is 27.3. The zero-order valence-electron chi connectivity index (χ0n) is 72.7. The van der Waals surface area contributed by atoms with E-state index >= 15 is 9.59 Å². The Labute approximate surface area is 706 Å². The summed E-state index contributed by atoms with van der Waals surface area (Å²) in [4.78, 5) is 139. The Bertz CT molecular complexity index is 4290. The van der Waals surface area contributed by atoms with Gasteiger partial charge in [0.1, 0.15) is 63.8 Å². The predicted molar refractivity (Wildman–Crippen MR) is 464 cm³/mol. The highest BCUT2D eigenvalue weighted by Gasteiger charge is 2.42. The summed E-state index contributed by atoms with van der Waals surface area (Å²) in [7, 11) is -1.67. The van der Waals surface area contributed by atoms with Crippen molar-refractivity contribution in [1.82, 2.24) is 31.1 Å². The van der Waals surface area contributed by atoms with E-state index in [4.69, 9.17) is 46.7 Å². The fourth-order valence-electron chi connectivity index (χ4n) is 12.0. The van der Waals surface area contributed by atoms with Crippen molar-refractivity contribution in [3.05, 3.63) is 179 Å². The van der Waals surface area contributed by atoms with E-state index in [1.54, 1.807) is 98.4 Å². The van der Waals surface area contributed by atoms with Gasteiger partial charge in [0.05, 0.1) is 62.0 Å². The average Bonchev–Trinajstić information content (AvgIpc) is 1.53. The Morgan fingerprint density at radius 3 is 1.13 bits per heavy atom. The molecule has 0 aromatic heterocycles. The largest absolute Gasteiger partial charge is 0.493 e. The van der Waals surface area contributed by atoms with E-state index in [-0.39, 0.29) is 132 Å². The minimum absolute atomic E-state index is 0.0448. The third-order valence-electron chi connectivity index (χ3n) is 21.1. The van der Waals surface area contributed by atoms with Crippen LogP contribution >= 0.6 is 0 Å². The number of carbonyl (C=O) groups excluding carboxylic acids is 10. The van der Waals surface area contributed by atoms with Gasteiger partial charge in [-0.05, 0) is 153 Å². The summed E-state index contributed by atoms with van der Waals surface area (Å²) in [5, 5.41) is 21.2. The Hall–Kier alpha value is -11.5. The van der Waals surface area contributed by atoms with Crippen molar-refractivity contribution >= 4 is 99.2 Å². The van der Waals surface area contributed by atoms with Gasteiger partial charge in [-0.25, -0.2) is 19.2 Å². The maximum atomic E-state index is 15.1. The summed E-state index contributed by atoms with van der Waals surface area (Å²) in [5.41, 5.74) is 5.29. The molecular weight excluding hydrogens is 1570 g/mol. The summed E-state index contributed by atoms with van der Waals surface area (Å²) >= 11 is 0. The fourth-order valence-corrected chi connectivity index (χ4v) is 14.1. The minimum atomic E-state index is -2.27. The van der Waals surface area contributed by atoms with Crippen molar-refractivity contribution in [2.45, 2.75) is 209 Å². The Balaban J connectivity index is 1.09. The zero-order chi connectivity index (χ0) is 88.7. The summed E-state index contributed by atoms with van der Waals surface area (Å²) in [6.07, 6.45) is 4.02. The van der Waals surface area contributed by atoms with Crippen molar-refractivity contribution in [3.8, 4) is 23.0 Å². The highest BCUT2D eigenvalue weighted by atomic mass is 28.4. The number of amides is 10. The molecule has 120 heavy (non-hydrogen) atoms. The van der Waals surface area contributed by atoms with Gasteiger partial charge in [0.25, 0.3) is 11.8 Å². The second-order valence-corrected chi connectivity index (χ2v) is 43.1. The number of anilines is 4. The smallest absolute Gasteiger partial charge is 0.411 e. The molecule has 0 saturated heterocycles. The van der Waals surface area contributed by atoms with Crippen LogP contribution in [0.5, 0.6) is 23.0 Å². The molecule has 2 aliphatic rings. The predicted octanol–water partition coefficient (Wildman–Crippen LogP) is 15.4. The first-order chi connectivity index (χ1) is 56.4. The molecule has 2 heterocycles. The third-order valence-corrected chi connectivity index (χ3v) is 30.1. The summed E-state index contributed by atoms with van der Waals surface area (Å²) in [6.45, 7) is 42.2. The molecular formula is C88H120N10O20Si2. The van der Waals surface area contributed by atoms with Crippen LogP contribution < -0.4 is 61.5 Å². The van der Waals surface area contributed by atoms with Gasteiger partial charge in [-0.15, -0.1) is 0 Å².